The maximum absolute atomic E-state index is 10.4. The summed E-state index contributed by atoms with van der Waals surface area (Å²) in [6.45, 7) is 0. The van der Waals surface area contributed by atoms with E-state index in [2.05, 4.69) is 4.98 Å². The van der Waals surface area contributed by atoms with Gasteiger partial charge in [-0.25, -0.2) is 0 Å². The molecule has 0 spiro atoms. The van der Waals surface area contributed by atoms with E-state index in [0.717, 1.165) is 5.56 Å². The van der Waals surface area contributed by atoms with Crippen LogP contribution in [0.4, 0.5) is 0 Å². The van der Waals surface area contributed by atoms with Gasteiger partial charge >= 0.3 is 0 Å². The fourth-order valence-electron chi connectivity index (χ4n) is 2.03. The maximum Gasteiger partial charge on any atom is 0.179 e. The first-order valence-corrected chi connectivity index (χ1v) is 7.00. The molecule has 0 bridgehead atoms. The molecule has 0 saturated heterocycles. The van der Waals surface area contributed by atoms with Gasteiger partial charge in [-0.3, -0.25) is 4.98 Å². The number of hydrogen-bond donors (Lipinski definition) is 1. The molecule has 112 valence electrons. The number of benzene rings is 1. The Morgan fingerprint density at radius 2 is 1.95 bits per heavy atom. The number of pyridine rings is 1. The van der Waals surface area contributed by atoms with Crippen molar-refractivity contribution < 1.29 is 14.6 Å². The molecule has 0 radical (unpaired) electrons. The molecular weight excluding hydrogens is 313 g/mol. The van der Waals surface area contributed by atoms with Crippen LogP contribution in [0.1, 0.15) is 17.2 Å². The van der Waals surface area contributed by atoms with Crippen molar-refractivity contribution >= 4 is 23.2 Å². The highest BCUT2D eigenvalue weighted by molar-refractivity contribution is 6.32. The molecule has 4 nitrogen and oxygen atoms in total. The first kappa shape index (κ1) is 15.9. The van der Waals surface area contributed by atoms with Gasteiger partial charge in [0.2, 0.25) is 0 Å². The van der Waals surface area contributed by atoms with Crippen LogP contribution in [0.5, 0.6) is 11.5 Å². The molecule has 1 heterocycles. The molecule has 0 aliphatic carbocycles. The highest BCUT2D eigenvalue weighted by atomic mass is 35.5. The van der Waals surface area contributed by atoms with Crippen LogP contribution in [0.25, 0.3) is 0 Å². The van der Waals surface area contributed by atoms with Crippen LogP contribution in [0.3, 0.4) is 0 Å². The predicted molar refractivity (Wildman–Crippen MR) is 82.5 cm³/mol. The molecule has 0 aliphatic heterocycles. The molecular formula is C15H15Cl2NO3. The number of aromatic nitrogens is 1. The number of methoxy groups -OCH3 is 2. The summed E-state index contributed by atoms with van der Waals surface area (Å²) in [4.78, 5) is 3.92. The summed E-state index contributed by atoms with van der Waals surface area (Å²) in [7, 11) is 3.03. The Balaban J connectivity index is 2.29. The molecule has 6 heteroatoms. The number of aliphatic hydroxyl groups is 1. The van der Waals surface area contributed by atoms with E-state index in [9.17, 15) is 5.11 Å². The van der Waals surface area contributed by atoms with Crippen molar-refractivity contribution in [1.29, 1.82) is 0 Å². The smallest absolute Gasteiger partial charge is 0.179 e. The molecule has 2 aromatic rings. The molecule has 2 rings (SSSR count). The third-order valence-corrected chi connectivity index (χ3v) is 3.73. The maximum atomic E-state index is 10.4. The number of ether oxygens (including phenoxy) is 2. The number of hydrogen-bond acceptors (Lipinski definition) is 4. The molecule has 21 heavy (non-hydrogen) atoms. The number of halogens is 2. The van der Waals surface area contributed by atoms with E-state index in [4.69, 9.17) is 32.7 Å². The lowest BCUT2D eigenvalue weighted by molar-refractivity contribution is 0.178. The lowest BCUT2D eigenvalue weighted by atomic mass is 10.0. The quantitative estimate of drug-likeness (QED) is 0.910. The van der Waals surface area contributed by atoms with Crippen LogP contribution >= 0.6 is 23.2 Å². The minimum Gasteiger partial charge on any atom is -0.493 e. The van der Waals surface area contributed by atoms with E-state index < -0.39 is 6.10 Å². The lowest BCUT2D eigenvalue weighted by Gasteiger charge is -2.16. The summed E-state index contributed by atoms with van der Waals surface area (Å²) < 4.78 is 10.4. The van der Waals surface area contributed by atoms with Gasteiger partial charge in [0.1, 0.15) is 0 Å². The van der Waals surface area contributed by atoms with E-state index in [1.807, 2.05) is 0 Å². The zero-order chi connectivity index (χ0) is 15.4. The van der Waals surface area contributed by atoms with Gasteiger partial charge in [0.15, 0.2) is 11.5 Å². The molecule has 1 N–H and O–H groups in total. The second-order valence-corrected chi connectivity index (χ2v) is 5.24. The second-order valence-electron chi connectivity index (χ2n) is 4.43. The van der Waals surface area contributed by atoms with Gasteiger partial charge in [-0.15, -0.1) is 0 Å². The summed E-state index contributed by atoms with van der Waals surface area (Å²) >= 11 is 12.2. The number of rotatable bonds is 5. The van der Waals surface area contributed by atoms with Crippen molar-refractivity contribution in [2.24, 2.45) is 0 Å². The largest absolute Gasteiger partial charge is 0.493 e. The summed E-state index contributed by atoms with van der Waals surface area (Å²) in [5.74, 6) is 0.914. The summed E-state index contributed by atoms with van der Waals surface area (Å²) in [5.41, 5.74) is 1.44. The molecule has 0 amide bonds. The molecule has 0 saturated carbocycles. The van der Waals surface area contributed by atoms with Gasteiger partial charge in [0.25, 0.3) is 0 Å². The van der Waals surface area contributed by atoms with Crippen LogP contribution in [-0.2, 0) is 6.42 Å². The Bertz CT molecular complexity index is 634. The fourth-order valence-corrected chi connectivity index (χ4v) is 2.52. The molecule has 1 atom stereocenters. The van der Waals surface area contributed by atoms with Gasteiger partial charge < -0.3 is 14.6 Å². The lowest BCUT2D eigenvalue weighted by Crippen LogP contribution is -2.04. The summed E-state index contributed by atoms with van der Waals surface area (Å²) in [6.07, 6.45) is 2.77. The summed E-state index contributed by atoms with van der Waals surface area (Å²) in [5, 5.41) is 11.3. The van der Waals surface area contributed by atoms with Gasteiger partial charge in [0, 0.05) is 18.8 Å². The standard InChI is InChI=1S/C15H15Cl2NO3/c1-20-14-7-10(5-11(16)15(14)21-2)13(19)6-9-3-4-18-8-12(9)17/h3-5,7-8,13,19H,6H2,1-2H3. The predicted octanol–water partition coefficient (Wildman–Crippen LogP) is 3.68. The van der Waals surface area contributed by atoms with Crippen LogP contribution in [-0.4, -0.2) is 24.3 Å². The SMILES string of the molecule is COc1cc(C(O)Cc2ccncc2Cl)cc(Cl)c1OC. The highest BCUT2D eigenvalue weighted by Gasteiger charge is 2.17. The summed E-state index contributed by atoms with van der Waals surface area (Å²) in [6, 6.07) is 5.13. The number of nitrogens with zero attached hydrogens (tertiary/aromatic N) is 1. The zero-order valence-corrected chi connectivity index (χ0v) is 13.1. The Morgan fingerprint density at radius 1 is 1.19 bits per heavy atom. The average Bonchev–Trinajstić information content (AvgIpc) is 2.48. The molecule has 1 unspecified atom stereocenters. The van der Waals surface area contributed by atoms with Crippen molar-refractivity contribution in [2.75, 3.05) is 14.2 Å². The Kier molecular flexibility index (Phi) is 5.28. The van der Waals surface area contributed by atoms with Crippen LogP contribution in [0, 0.1) is 0 Å². The Labute approximate surface area is 133 Å². The molecule has 0 fully saturated rings. The fraction of sp³-hybridized carbons (Fsp3) is 0.267. The van der Waals surface area contributed by atoms with Crippen LogP contribution in [0.15, 0.2) is 30.6 Å². The van der Waals surface area contributed by atoms with Crippen molar-refractivity contribution in [3.8, 4) is 11.5 Å². The van der Waals surface area contributed by atoms with E-state index in [1.165, 1.54) is 14.2 Å². The van der Waals surface area contributed by atoms with E-state index >= 15 is 0 Å². The van der Waals surface area contributed by atoms with Crippen molar-refractivity contribution in [1.82, 2.24) is 4.98 Å². The Hall–Kier alpha value is -1.49. The number of aliphatic hydroxyl groups excluding tert-OH is 1. The minimum atomic E-state index is -0.762. The van der Waals surface area contributed by atoms with Crippen molar-refractivity contribution in [3.63, 3.8) is 0 Å². The third-order valence-electron chi connectivity index (χ3n) is 3.11. The third kappa shape index (κ3) is 3.59. The normalized spacial score (nSPS) is 12.0. The average molecular weight is 328 g/mol. The van der Waals surface area contributed by atoms with E-state index in [-0.39, 0.29) is 0 Å². The Morgan fingerprint density at radius 3 is 2.57 bits per heavy atom. The van der Waals surface area contributed by atoms with E-state index in [1.54, 1.807) is 30.6 Å². The van der Waals surface area contributed by atoms with E-state index in [0.29, 0.717) is 33.5 Å². The minimum absolute atomic E-state index is 0.354. The van der Waals surface area contributed by atoms with Crippen molar-refractivity contribution in [2.45, 2.75) is 12.5 Å². The highest BCUT2D eigenvalue weighted by Crippen LogP contribution is 2.38. The monoisotopic (exact) mass is 327 g/mol. The van der Waals surface area contributed by atoms with Crippen LogP contribution < -0.4 is 9.47 Å². The molecule has 0 aliphatic rings. The van der Waals surface area contributed by atoms with Crippen LogP contribution in [0.2, 0.25) is 10.0 Å². The second kappa shape index (κ2) is 6.98. The van der Waals surface area contributed by atoms with Gasteiger partial charge in [0.05, 0.1) is 30.4 Å². The first-order chi connectivity index (χ1) is 10.1. The molecule has 1 aromatic heterocycles. The van der Waals surface area contributed by atoms with Gasteiger partial charge in [-0.1, -0.05) is 23.2 Å². The molecule has 1 aromatic carbocycles. The van der Waals surface area contributed by atoms with Crippen molar-refractivity contribution in [3.05, 3.63) is 51.8 Å². The van der Waals surface area contributed by atoms with Gasteiger partial charge in [-0.05, 0) is 29.3 Å². The van der Waals surface area contributed by atoms with Gasteiger partial charge in [-0.2, -0.15) is 0 Å². The first-order valence-electron chi connectivity index (χ1n) is 6.24. The topological polar surface area (TPSA) is 51.6 Å². The zero-order valence-electron chi connectivity index (χ0n) is 11.6.